The van der Waals surface area contributed by atoms with Crippen molar-refractivity contribution in [2.75, 3.05) is 7.05 Å². The highest BCUT2D eigenvalue weighted by Gasteiger charge is 2.06. The van der Waals surface area contributed by atoms with Crippen LogP contribution >= 0.6 is 0 Å². The number of hydrogen-bond acceptors (Lipinski definition) is 1. The Bertz CT molecular complexity index is 57.9. The lowest BCUT2D eigenvalue weighted by Gasteiger charge is -2.11. The van der Waals surface area contributed by atoms with Crippen LogP contribution in [0.15, 0.2) is 0 Å². The monoisotopic (exact) mass is 133 g/mol. The molecule has 0 aromatic rings. The minimum Gasteiger partial charge on any atom is -0.317 e. The van der Waals surface area contributed by atoms with Crippen LogP contribution in [-0.4, -0.2) is 19.3 Å². The van der Waals surface area contributed by atoms with E-state index in [1.54, 1.807) is 0 Å². The lowest BCUT2D eigenvalue weighted by molar-refractivity contribution is 0.281. The molecule has 1 nitrogen and oxygen atoms in total. The van der Waals surface area contributed by atoms with Crippen molar-refractivity contribution in [3.8, 4) is 0 Å². The van der Waals surface area contributed by atoms with Gasteiger partial charge in [-0.3, -0.25) is 0 Å². The second-order valence-corrected chi connectivity index (χ2v) is 2.43. The summed E-state index contributed by atoms with van der Waals surface area (Å²) < 4.78 is 12.5. The Morgan fingerprint density at radius 2 is 2.11 bits per heavy atom. The largest absolute Gasteiger partial charge is 0.317 e. The lowest BCUT2D eigenvalue weighted by Crippen LogP contribution is -2.24. The van der Waals surface area contributed by atoms with Gasteiger partial charge >= 0.3 is 0 Å². The molecular formula is C7H16FN. The van der Waals surface area contributed by atoms with Crippen LogP contribution in [0.3, 0.4) is 0 Å². The van der Waals surface area contributed by atoms with E-state index in [0.717, 1.165) is 0 Å². The van der Waals surface area contributed by atoms with Gasteiger partial charge in [0.05, 0.1) is 0 Å². The van der Waals surface area contributed by atoms with Gasteiger partial charge in [0.2, 0.25) is 0 Å². The summed E-state index contributed by atoms with van der Waals surface area (Å²) in [4.78, 5) is 0. The Balaban J connectivity index is 3.22. The number of alkyl halides is 1. The molecule has 0 aromatic carbocycles. The maximum Gasteiger partial charge on any atom is 0.101 e. The van der Waals surface area contributed by atoms with E-state index >= 15 is 0 Å². The third-order valence-electron chi connectivity index (χ3n) is 1.55. The molecule has 56 valence electrons. The van der Waals surface area contributed by atoms with Crippen molar-refractivity contribution in [3.05, 3.63) is 0 Å². The average molecular weight is 133 g/mol. The van der Waals surface area contributed by atoms with E-state index < -0.39 is 6.17 Å². The van der Waals surface area contributed by atoms with Crippen molar-refractivity contribution in [2.45, 2.75) is 38.9 Å². The molecule has 0 aliphatic heterocycles. The van der Waals surface area contributed by atoms with Crippen molar-refractivity contribution in [3.63, 3.8) is 0 Å². The van der Waals surface area contributed by atoms with Gasteiger partial charge in [-0.1, -0.05) is 6.92 Å². The molecule has 2 atom stereocenters. The molecule has 0 amide bonds. The second kappa shape index (κ2) is 4.74. The Labute approximate surface area is 56.6 Å². The molecule has 2 unspecified atom stereocenters. The summed E-state index contributed by atoms with van der Waals surface area (Å²) in [5, 5.41) is 2.99. The minimum atomic E-state index is -0.632. The fourth-order valence-electron chi connectivity index (χ4n) is 0.668. The van der Waals surface area contributed by atoms with Gasteiger partial charge in [-0.15, -0.1) is 0 Å². The standard InChI is InChI=1S/C7H16FN/c1-4-7(8)5-6(2)9-3/h6-7,9H,4-5H2,1-3H3. The van der Waals surface area contributed by atoms with Crippen molar-refractivity contribution >= 4 is 0 Å². The Hall–Kier alpha value is -0.110. The molecule has 0 saturated carbocycles. The quantitative estimate of drug-likeness (QED) is 0.616. The van der Waals surface area contributed by atoms with Gasteiger partial charge in [0.15, 0.2) is 0 Å². The molecule has 0 radical (unpaired) electrons. The highest BCUT2D eigenvalue weighted by Crippen LogP contribution is 2.04. The first-order valence-electron chi connectivity index (χ1n) is 3.52. The van der Waals surface area contributed by atoms with Crippen LogP contribution in [0.2, 0.25) is 0 Å². The first-order valence-corrected chi connectivity index (χ1v) is 3.52. The molecule has 0 heterocycles. The zero-order valence-corrected chi connectivity index (χ0v) is 6.45. The Kier molecular flexibility index (Phi) is 4.68. The highest BCUT2D eigenvalue weighted by atomic mass is 19.1. The zero-order valence-electron chi connectivity index (χ0n) is 6.45. The summed E-state index contributed by atoms with van der Waals surface area (Å²) in [6.45, 7) is 3.86. The van der Waals surface area contributed by atoms with E-state index in [-0.39, 0.29) is 0 Å². The number of halogens is 1. The van der Waals surface area contributed by atoms with Gasteiger partial charge in [-0.25, -0.2) is 4.39 Å². The summed E-state index contributed by atoms with van der Waals surface area (Å²) in [5.74, 6) is 0. The molecule has 0 aromatic heterocycles. The fraction of sp³-hybridized carbons (Fsp3) is 1.00. The number of hydrogen-bond donors (Lipinski definition) is 1. The van der Waals surface area contributed by atoms with Crippen LogP contribution in [0.25, 0.3) is 0 Å². The van der Waals surface area contributed by atoms with Crippen LogP contribution in [0.1, 0.15) is 26.7 Å². The second-order valence-electron chi connectivity index (χ2n) is 2.43. The van der Waals surface area contributed by atoms with Crippen LogP contribution in [0.4, 0.5) is 4.39 Å². The summed E-state index contributed by atoms with van der Waals surface area (Å²) in [5.41, 5.74) is 0. The maximum absolute atomic E-state index is 12.5. The Morgan fingerprint density at radius 1 is 1.56 bits per heavy atom. The summed E-state index contributed by atoms with van der Waals surface area (Å²) in [7, 11) is 1.85. The van der Waals surface area contributed by atoms with Gasteiger partial charge in [0, 0.05) is 6.04 Å². The van der Waals surface area contributed by atoms with Crippen LogP contribution in [0.5, 0.6) is 0 Å². The zero-order chi connectivity index (χ0) is 7.28. The molecule has 2 heteroatoms. The van der Waals surface area contributed by atoms with E-state index in [0.29, 0.717) is 18.9 Å². The molecule has 0 fully saturated rings. The molecule has 1 N–H and O–H groups in total. The van der Waals surface area contributed by atoms with Crippen molar-refractivity contribution in [2.24, 2.45) is 0 Å². The SMILES string of the molecule is CCC(F)CC(C)NC. The van der Waals surface area contributed by atoms with Crippen LogP contribution < -0.4 is 5.32 Å². The van der Waals surface area contributed by atoms with Gasteiger partial charge in [0.25, 0.3) is 0 Å². The van der Waals surface area contributed by atoms with Crippen LogP contribution in [0, 0.1) is 0 Å². The topological polar surface area (TPSA) is 12.0 Å². The minimum absolute atomic E-state index is 0.306. The molecule has 0 spiro atoms. The van der Waals surface area contributed by atoms with Gasteiger partial charge < -0.3 is 5.32 Å². The maximum atomic E-state index is 12.5. The highest BCUT2D eigenvalue weighted by molar-refractivity contribution is 4.63. The normalized spacial score (nSPS) is 17.3. The van der Waals surface area contributed by atoms with E-state index in [9.17, 15) is 4.39 Å². The van der Waals surface area contributed by atoms with E-state index in [1.165, 1.54) is 0 Å². The third-order valence-corrected chi connectivity index (χ3v) is 1.55. The molecule has 0 rings (SSSR count). The predicted molar refractivity (Wildman–Crippen MR) is 38.3 cm³/mol. The average Bonchev–Trinajstić information content (AvgIpc) is 1.87. The van der Waals surface area contributed by atoms with Gasteiger partial charge in [0.1, 0.15) is 6.17 Å². The lowest BCUT2D eigenvalue weighted by atomic mass is 10.1. The van der Waals surface area contributed by atoms with E-state index in [2.05, 4.69) is 5.32 Å². The molecular weight excluding hydrogens is 117 g/mol. The molecule has 0 aliphatic carbocycles. The predicted octanol–water partition coefficient (Wildman–Crippen LogP) is 1.73. The first-order chi connectivity index (χ1) is 4.20. The number of nitrogens with one attached hydrogen (secondary N) is 1. The van der Waals surface area contributed by atoms with Gasteiger partial charge in [-0.2, -0.15) is 0 Å². The summed E-state index contributed by atoms with van der Waals surface area (Å²) >= 11 is 0. The van der Waals surface area contributed by atoms with Crippen molar-refractivity contribution in [1.29, 1.82) is 0 Å². The van der Waals surface area contributed by atoms with Crippen LogP contribution in [-0.2, 0) is 0 Å². The molecule has 0 saturated heterocycles. The van der Waals surface area contributed by atoms with Crippen molar-refractivity contribution in [1.82, 2.24) is 5.32 Å². The summed E-state index contributed by atoms with van der Waals surface area (Å²) in [6, 6.07) is 0.306. The first kappa shape index (κ1) is 8.89. The Morgan fingerprint density at radius 3 is 2.44 bits per heavy atom. The number of rotatable bonds is 4. The van der Waals surface area contributed by atoms with E-state index in [1.807, 2.05) is 20.9 Å². The molecule has 9 heavy (non-hydrogen) atoms. The van der Waals surface area contributed by atoms with Crippen molar-refractivity contribution < 1.29 is 4.39 Å². The summed E-state index contributed by atoms with van der Waals surface area (Å²) in [6.07, 6.45) is 0.631. The molecule has 0 aliphatic rings. The smallest absolute Gasteiger partial charge is 0.101 e. The van der Waals surface area contributed by atoms with Gasteiger partial charge in [-0.05, 0) is 26.8 Å². The fourth-order valence-corrected chi connectivity index (χ4v) is 0.668. The van der Waals surface area contributed by atoms with E-state index in [4.69, 9.17) is 0 Å². The molecule has 0 bridgehead atoms. The third kappa shape index (κ3) is 4.40.